The summed E-state index contributed by atoms with van der Waals surface area (Å²) in [6, 6.07) is 7.42. The highest BCUT2D eigenvalue weighted by Crippen LogP contribution is 2.44. The van der Waals surface area contributed by atoms with Gasteiger partial charge in [0.25, 0.3) is 0 Å². The number of aryl methyl sites for hydroxylation is 2. The summed E-state index contributed by atoms with van der Waals surface area (Å²) in [5, 5.41) is 3.62. The van der Waals surface area contributed by atoms with Gasteiger partial charge in [0.15, 0.2) is 0 Å². The van der Waals surface area contributed by atoms with Crippen LogP contribution in [0.15, 0.2) is 18.2 Å². The van der Waals surface area contributed by atoms with Gasteiger partial charge in [0.05, 0.1) is 0 Å². The molecule has 0 radical (unpaired) electrons. The number of benzene rings is 1. The van der Waals surface area contributed by atoms with Crippen LogP contribution in [0.5, 0.6) is 0 Å². The highest BCUT2D eigenvalue weighted by atomic mass is 15.0. The van der Waals surface area contributed by atoms with Crippen molar-refractivity contribution >= 4 is 0 Å². The summed E-state index contributed by atoms with van der Waals surface area (Å²) in [6.45, 7) is 10.0. The van der Waals surface area contributed by atoms with E-state index in [1.165, 1.54) is 23.1 Å². The second-order valence-corrected chi connectivity index (χ2v) is 5.56. The molecule has 0 spiro atoms. The first-order chi connectivity index (χ1) is 6.99. The van der Waals surface area contributed by atoms with E-state index in [2.05, 4.69) is 51.2 Å². The Morgan fingerprint density at radius 2 is 2.00 bits per heavy atom. The number of hydrogen-bond acceptors (Lipinski definition) is 1. The SMILES string of the molecule is Cc1ccc(CNC2CC2(C)C)c(C)c1. The summed E-state index contributed by atoms with van der Waals surface area (Å²) >= 11 is 0. The average molecular weight is 203 g/mol. The van der Waals surface area contributed by atoms with E-state index in [1.54, 1.807) is 0 Å². The minimum atomic E-state index is 0.526. The Morgan fingerprint density at radius 1 is 1.33 bits per heavy atom. The first kappa shape index (κ1) is 10.7. The summed E-state index contributed by atoms with van der Waals surface area (Å²) < 4.78 is 0. The Balaban J connectivity index is 1.94. The van der Waals surface area contributed by atoms with E-state index in [4.69, 9.17) is 0 Å². The van der Waals surface area contributed by atoms with Crippen molar-refractivity contribution in [2.24, 2.45) is 5.41 Å². The van der Waals surface area contributed by atoms with Crippen molar-refractivity contribution in [1.82, 2.24) is 5.32 Å². The molecule has 1 saturated carbocycles. The monoisotopic (exact) mass is 203 g/mol. The number of rotatable bonds is 3. The molecule has 0 bridgehead atoms. The zero-order chi connectivity index (χ0) is 11.1. The van der Waals surface area contributed by atoms with E-state index < -0.39 is 0 Å². The summed E-state index contributed by atoms with van der Waals surface area (Å²) in [5.41, 5.74) is 4.71. The van der Waals surface area contributed by atoms with Crippen LogP contribution in [0.2, 0.25) is 0 Å². The molecule has 0 saturated heterocycles. The number of hydrogen-bond donors (Lipinski definition) is 1. The molecule has 1 aliphatic carbocycles. The van der Waals surface area contributed by atoms with Crippen molar-refractivity contribution < 1.29 is 0 Å². The van der Waals surface area contributed by atoms with Crippen molar-refractivity contribution in [3.05, 3.63) is 34.9 Å². The Bertz CT molecular complexity index is 366. The van der Waals surface area contributed by atoms with Gasteiger partial charge in [-0.2, -0.15) is 0 Å². The van der Waals surface area contributed by atoms with E-state index in [0.29, 0.717) is 5.41 Å². The van der Waals surface area contributed by atoms with Crippen molar-refractivity contribution in [3.63, 3.8) is 0 Å². The van der Waals surface area contributed by atoms with Gasteiger partial charge in [-0.25, -0.2) is 0 Å². The van der Waals surface area contributed by atoms with E-state index in [1.807, 2.05) is 0 Å². The molecular weight excluding hydrogens is 182 g/mol. The van der Waals surface area contributed by atoms with Gasteiger partial charge in [-0.3, -0.25) is 0 Å². The van der Waals surface area contributed by atoms with Crippen molar-refractivity contribution in [2.75, 3.05) is 0 Å². The molecule has 1 N–H and O–H groups in total. The maximum absolute atomic E-state index is 3.62. The standard InChI is InChI=1S/C14H21N/c1-10-5-6-12(11(2)7-10)9-15-13-8-14(13,3)4/h5-7,13,15H,8-9H2,1-4H3. The molecule has 82 valence electrons. The first-order valence-corrected chi connectivity index (χ1v) is 5.78. The molecule has 1 nitrogen and oxygen atoms in total. The molecule has 1 heteroatoms. The van der Waals surface area contributed by atoms with Crippen LogP contribution in [0.1, 0.15) is 37.0 Å². The second-order valence-electron chi connectivity index (χ2n) is 5.56. The van der Waals surface area contributed by atoms with Gasteiger partial charge in [-0.05, 0) is 36.8 Å². The summed E-state index contributed by atoms with van der Waals surface area (Å²) in [6.07, 6.45) is 1.32. The van der Waals surface area contributed by atoms with Gasteiger partial charge < -0.3 is 5.32 Å². The molecule has 1 unspecified atom stereocenters. The van der Waals surface area contributed by atoms with Crippen LogP contribution in [-0.4, -0.2) is 6.04 Å². The highest BCUT2D eigenvalue weighted by Gasteiger charge is 2.44. The van der Waals surface area contributed by atoms with E-state index in [0.717, 1.165) is 12.6 Å². The van der Waals surface area contributed by atoms with Crippen molar-refractivity contribution in [3.8, 4) is 0 Å². The molecule has 15 heavy (non-hydrogen) atoms. The predicted molar refractivity (Wildman–Crippen MR) is 64.9 cm³/mol. The molecule has 0 amide bonds. The Labute approximate surface area is 92.9 Å². The van der Waals surface area contributed by atoms with Crippen LogP contribution < -0.4 is 5.32 Å². The first-order valence-electron chi connectivity index (χ1n) is 5.78. The highest BCUT2D eigenvalue weighted by molar-refractivity contribution is 5.30. The molecular formula is C14H21N. The molecule has 0 heterocycles. The quantitative estimate of drug-likeness (QED) is 0.795. The fourth-order valence-electron chi connectivity index (χ4n) is 2.09. The van der Waals surface area contributed by atoms with Gasteiger partial charge in [0.2, 0.25) is 0 Å². The molecule has 1 atom stereocenters. The maximum atomic E-state index is 3.62. The van der Waals surface area contributed by atoms with Gasteiger partial charge in [0, 0.05) is 12.6 Å². The zero-order valence-electron chi connectivity index (χ0n) is 10.2. The van der Waals surface area contributed by atoms with Crippen LogP contribution >= 0.6 is 0 Å². The van der Waals surface area contributed by atoms with Crippen molar-refractivity contribution in [1.29, 1.82) is 0 Å². The molecule has 0 aromatic heterocycles. The molecule has 1 aromatic rings. The smallest absolute Gasteiger partial charge is 0.0210 e. The second kappa shape index (κ2) is 3.64. The maximum Gasteiger partial charge on any atom is 0.0210 e. The van der Waals surface area contributed by atoms with Crippen molar-refractivity contribution in [2.45, 2.75) is 46.7 Å². The fourth-order valence-corrected chi connectivity index (χ4v) is 2.09. The Kier molecular flexibility index (Phi) is 2.59. The molecule has 2 rings (SSSR count). The lowest BCUT2D eigenvalue weighted by Crippen LogP contribution is -2.20. The van der Waals surface area contributed by atoms with Gasteiger partial charge >= 0.3 is 0 Å². The van der Waals surface area contributed by atoms with Crippen LogP contribution in [-0.2, 0) is 6.54 Å². The third-order valence-corrected chi connectivity index (χ3v) is 3.55. The third-order valence-electron chi connectivity index (χ3n) is 3.55. The van der Waals surface area contributed by atoms with Crippen LogP contribution in [0, 0.1) is 19.3 Å². The predicted octanol–water partition coefficient (Wildman–Crippen LogP) is 3.19. The number of nitrogens with one attached hydrogen (secondary N) is 1. The van der Waals surface area contributed by atoms with Gasteiger partial charge in [0.1, 0.15) is 0 Å². The topological polar surface area (TPSA) is 12.0 Å². The molecule has 0 aliphatic heterocycles. The molecule has 1 aromatic carbocycles. The van der Waals surface area contributed by atoms with E-state index >= 15 is 0 Å². The Morgan fingerprint density at radius 3 is 2.53 bits per heavy atom. The van der Waals surface area contributed by atoms with E-state index in [-0.39, 0.29) is 0 Å². The average Bonchev–Trinajstić information content (AvgIpc) is 2.73. The fraction of sp³-hybridized carbons (Fsp3) is 0.571. The summed E-state index contributed by atoms with van der Waals surface area (Å²) in [4.78, 5) is 0. The van der Waals surface area contributed by atoms with E-state index in [9.17, 15) is 0 Å². The van der Waals surface area contributed by atoms with Crippen LogP contribution in [0.25, 0.3) is 0 Å². The minimum Gasteiger partial charge on any atom is -0.309 e. The largest absolute Gasteiger partial charge is 0.309 e. The molecule has 1 aliphatic rings. The third kappa shape index (κ3) is 2.40. The van der Waals surface area contributed by atoms with Crippen LogP contribution in [0.3, 0.4) is 0 Å². The lowest BCUT2D eigenvalue weighted by Gasteiger charge is -2.09. The normalized spacial score (nSPS) is 22.8. The van der Waals surface area contributed by atoms with Crippen LogP contribution in [0.4, 0.5) is 0 Å². The lowest BCUT2D eigenvalue weighted by atomic mass is 10.1. The zero-order valence-corrected chi connectivity index (χ0v) is 10.2. The Hall–Kier alpha value is -0.820. The minimum absolute atomic E-state index is 0.526. The lowest BCUT2D eigenvalue weighted by molar-refractivity contribution is 0.541. The van der Waals surface area contributed by atoms with Gasteiger partial charge in [-0.15, -0.1) is 0 Å². The summed E-state index contributed by atoms with van der Waals surface area (Å²) in [5.74, 6) is 0. The van der Waals surface area contributed by atoms with Gasteiger partial charge in [-0.1, -0.05) is 37.6 Å². The molecule has 1 fully saturated rings. The summed E-state index contributed by atoms with van der Waals surface area (Å²) in [7, 11) is 0.